The molecular weight excluding hydrogens is 264 g/mol. The van der Waals surface area contributed by atoms with Gasteiger partial charge in [0.1, 0.15) is 11.4 Å². The Morgan fingerprint density at radius 1 is 1.35 bits per heavy atom. The molecule has 104 valence electrons. The van der Waals surface area contributed by atoms with Crippen LogP contribution >= 0.6 is 0 Å². The fraction of sp³-hybridized carbons (Fsp3) is 0.167. The molecule has 0 atom stereocenters. The number of hydrogen-bond donors (Lipinski definition) is 3. The van der Waals surface area contributed by atoms with E-state index in [9.17, 15) is 14.4 Å². The predicted molar refractivity (Wildman–Crippen MR) is 68.9 cm³/mol. The Morgan fingerprint density at radius 2 is 2.05 bits per heavy atom. The summed E-state index contributed by atoms with van der Waals surface area (Å²) in [7, 11) is 1.63. The quantitative estimate of drug-likeness (QED) is 0.717. The number of aryl methyl sites for hydroxylation is 1. The van der Waals surface area contributed by atoms with Crippen molar-refractivity contribution >= 4 is 23.5 Å². The van der Waals surface area contributed by atoms with Crippen molar-refractivity contribution < 1.29 is 19.5 Å². The molecule has 0 aromatic carbocycles. The Labute approximate surface area is 113 Å². The van der Waals surface area contributed by atoms with E-state index in [0.717, 1.165) is 0 Å². The molecule has 20 heavy (non-hydrogen) atoms. The first-order chi connectivity index (χ1) is 9.38. The number of nitrogens with zero attached hydrogens (tertiary/aromatic N) is 2. The molecule has 8 nitrogen and oxygen atoms in total. The van der Waals surface area contributed by atoms with Crippen LogP contribution in [0.2, 0.25) is 0 Å². The number of ketones is 1. The van der Waals surface area contributed by atoms with Gasteiger partial charge in [0.05, 0.1) is 0 Å². The SMILES string of the molecule is CC(=O)c1cc(C(=O)Nc2cc(C(=O)O)[nH]n2)n(C)c1. The van der Waals surface area contributed by atoms with Crippen molar-refractivity contribution in [2.24, 2.45) is 7.05 Å². The molecule has 1 amide bonds. The Hall–Kier alpha value is -2.90. The average molecular weight is 276 g/mol. The summed E-state index contributed by atoms with van der Waals surface area (Å²) < 4.78 is 1.51. The molecule has 0 saturated carbocycles. The van der Waals surface area contributed by atoms with E-state index in [4.69, 9.17) is 5.11 Å². The van der Waals surface area contributed by atoms with Crippen molar-refractivity contribution in [2.45, 2.75) is 6.92 Å². The van der Waals surface area contributed by atoms with Crippen LogP contribution in [0.1, 0.15) is 38.3 Å². The number of carbonyl (C=O) groups is 3. The molecule has 3 N–H and O–H groups in total. The highest BCUT2D eigenvalue weighted by Crippen LogP contribution is 2.11. The van der Waals surface area contributed by atoms with Crippen LogP contribution in [0.15, 0.2) is 18.3 Å². The molecule has 0 bridgehead atoms. The van der Waals surface area contributed by atoms with Gasteiger partial charge in [0.15, 0.2) is 11.6 Å². The zero-order chi connectivity index (χ0) is 14.9. The fourth-order valence-electron chi connectivity index (χ4n) is 1.66. The van der Waals surface area contributed by atoms with Gasteiger partial charge >= 0.3 is 5.97 Å². The van der Waals surface area contributed by atoms with Crippen LogP contribution in [0, 0.1) is 0 Å². The summed E-state index contributed by atoms with van der Waals surface area (Å²) in [5, 5.41) is 17.1. The summed E-state index contributed by atoms with van der Waals surface area (Å²) in [5.41, 5.74) is 0.567. The third-order valence-corrected chi connectivity index (χ3v) is 2.69. The number of nitrogens with one attached hydrogen (secondary N) is 2. The maximum Gasteiger partial charge on any atom is 0.353 e. The number of aromatic nitrogens is 3. The molecule has 0 saturated heterocycles. The van der Waals surface area contributed by atoms with E-state index >= 15 is 0 Å². The van der Waals surface area contributed by atoms with Crippen LogP contribution in [0.5, 0.6) is 0 Å². The second-order valence-corrected chi connectivity index (χ2v) is 4.21. The minimum Gasteiger partial charge on any atom is -0.477 e. The molecule has 0 spiro atoms. The van der Waals surface area contributed by atoms with E-state index in [2.05, 4.69) is 15.5 Å². The minimum atomic E-state index is -1.17. The van der Waals surface area contributed by atoms with Crippen LogP contribution in [-0.4, -0.2) is 37.5 Å². The van der Waals surface area contributed by atoms with Crippen LogP contribution in [0.4, 0.5) is 5.82 Å². The number of H-pyrrole nitrogens is 1. The van der Waals surface area contributed by atoms with Gasteiger partial charge in [0, 0.05) is 24.9 Å². The third-order valence-electron chi connectivity index (χ3n) is 2.69. The summed E-state index contributed by atoms with van der Waals surface area (Å²) >= 11 is 0. The number of carboxylic acid groups (broad SMARTS) is 1. The first-order valence-corrected chi connectivity index (χ1v) is 5.66. The Balaban J connectivity index is 2.19. The summed E-state index contributed by atoms with van der Waals surface area (Å²) in [4.78, 5) is 33.9. The molecule has 2 heterocycles. The van der Waals surface area contributed by atoms with Gasteiger partial charge in [-0.3, -0.25) is 14.7 Å². The number of aromatic carboxylic acids is 1. The number of aromatic amines is 1. The average Bonchev–Trinajstić information content (AvgIpc) is 2.95. The van der Waals surface area contributed by atoms with Crippen LogP contribution in [-0.2, 0) is 7.05 Å². The maximum absolute atomic E-state index is 12.0. The normalized spacial score (nSPS) is 10.3. The maximum atomic E-state index is 12.0. The third kappa shape index (κ3) is 2.58. The Kier molecular flexibility index (Phi) is 3.38. The lowest BCUT2D eigenvalue weighted by Gasteiger charge is -2.02. The first-order valence-electron chi connectivity index (χ1n) is 5.66. The standard InChI is InChI=1S/C12H12N4O4/c1-6(17)7-3-9(16(2)5-7)11(18)13-10-4-8(12(19)20)14-15-10/h3-5H,1-2H3,(H,19,20)(H2,13,14,15,18). The Bertz CT molecular complexity index is 698. The van der Waals surface area contributed by atoms with Gasteiger partial charge < -0.3 is 15.0 Å². The van der Waals surface area contributed by atoms with Gasteiger partial charge in [-0.15, -0.1) is 0 Å². The molecule has 0 unspecified atom stereocenters. The number of carboxylic acids is 1. The van der Waals surface area contributed by atoms with Crippen LogP contribution in [0.25, 0.3) is 0 Å². The topological polar surface area (TPSA) is 117 Å². The van der Waals surface area contributed by atoms with Gasteiger partial charge in [-0.25, -0.2) is 4.79 Å². The first kappa shape index (κ1) is 13.5. The lowest BCUT2D eigenvalue weighted by Crippen LogP contribution is -2.15. The van der Waals surface area contributed by atoms with E-state index in [1.54, 1.807) is 13.2 Å². The van der Waals surface area contributed by atoms with E-state index < -0.39 is 11.9 Å². The van der Waals surface area contributed by atoms with E-state index in [-0.39, 0.29) is 23.0 Å². The number of rotatable bonds is 4. The smallest absolute Gasteiger partial charge is 0.353 e. The van der Waals surface area contributed by atoms with Crippen molar-refractivity contribution in [1.29, 1.82) is 0 Å². The monoisotopic (exact) mass is 276 g/mol. The molecule has 2 aromatic rings. The molecule has 0 fully saturated rings. The summed E-state index contributed by atoms with van der Waals surface area (Å²) in [5.74, 6) is -1.70. The lowest BCUT2D eigenvalue weighted by molar-refractivity contribution is 0.0690. The van der Waals surface area contributed by atoms with E-state index in [0.29, 0.717) is 5.56 Å². The molecular formula is C12H12N4O4. The number of hydrogen-bond acceptors (Lipinski definition) is 4. The van der Waals surface area contributed by atoms with Gasteiger partial charge in [-0.1, -0.05) is 0 Å². The zero-order valence-electron chi connectivity index (χ0n) is 10.8. The summed E-state index contributed by atoms with van der Waals surface area (Å²) in [6.07, 6.45) is 1.55. The molecule has 0 aliphatic carbocycles. The van der Waals surface area contributed by atoms with E-state index in [1.807, 2.05) is 0 Å². The van der Waals surface area contributed by atoms with Crippen LogP contribution < -0.4 is 5.32 Å². The van der Waals surface area contributed by atoms with Crippen molar-refractivity contribution in [2.75, 3.05) is 5.32 Å². The highest BCUT2D eigenvalue weighted by atomic mass is 16.4. The summed E-state index contributed by atoms with van der Waals surface area (Å²) in [6, 6.07) is 2.66. The van der Waals surface area contributed by atoms with E-state index in [1.165, 1.54) is 23.6 Å². The number of carbonyl (C=O) groups excluding carboxylic acids is 2. The molecule has 0 radical (unpaired) electrons. The van der Waals surface area contributed by atoms with Crippen molar-refractivity contribution in [1.82, 2.24) is 14.8 Å². The minimum absolute atomic E-state index is 0.0953. The largest absolute Gasteiger partial charge is 0.477 e. The van der Waals surface area contributed by atoms with Gasteiger partial charge in [-0.2, -0.15) is 5.10 Å². The Morgan fingerprint density at radius 3 is 2.55 bits per heavy atom. The summed E-state index contributed by atoms with van der Waals surface area (Å²) in [6.45, 7) is 1.41. The fourth-order valence-corrected chi connectivity index (χ4v) is 1.66. The van der Waals surface area contributed by atoms with Gasteiger partial charge in [0.2, 0.25) is 0 Å². The number of amides is 1. The second-order valence-electron chi connectivity index (χ2n) is 4.21. The molecule has 2 rings (SSSR count). The number of Topliss-reactive ketones (excluding diaryl/α,β-unsaturated/α-hetero) is 1. The highest BCUT2D eigenvalue weighted by molar-refractivity contribution is 6.05. The lowest BCUT2D eigenvalue weighted by atomic mass is 10.2. The zero-order valence-corrected chi connectivity index (χ0v) is 10.8. The van der Waals surface area contributed by atoms with Gasteiger partial charge in [0.25, 0.3) is 5.91 Å². The molecule has 2 aromatic heterocycles. The van der Waals surface area contributed by atoms with Crippen molar-refractivity contribution in [3.63, 3.8) is 0 Å². The second kappa shape index (κ2) is 5.00. The molecule has 0 aliphatic heterocycles. The molecule has 8 heteroatoms. The van der Waals surface area contributed by atoms with Gasteiger partial charge in [-0.05, 0) is 13.0 Å². The molecule has 0 aliphatic rings. The van der Waals surface area contributed by atoms with Crippen molar-refractivity contribution in [3.8, 4) is 0 Å². The highest BCUT2D eigenvalue weighted by Gasteiger charge is 2.16. The predicted octanol–water partition coefficient (Wildman–Crippen LogP) is 0.901. The number of anilines is 1. The van der Waals surface area contributed by atoms with Crippen molar-refractivity contribution in [3.05, 3.63) is 35.3 Å². The van der Waals surface area contributed by atoms with Crippen LogP contribution in [0.3, 0.4) is 0 Å².